The normalized spacial score (nSPS) is 14.0. The second-order valence-electron chi connectivity index (χ2n) is 5.95. The number of rotatable bonds is 4. The Morgan fingerprint density at radius 3 is 2.21 bits per heavy atom. The molecule has 2 heterocycles. The van der Waals surface area contributed by atoms with Crippen LogP contribution >= 0.6 is 11.8 Å². The Labute approximate surface area is 146 Å². The van der Waals surface area contributed by atoms with Crippen molar-refractivity contribution in [1.29, 1.82) is 0 Å². The van der Waals surface area contributed by atoms with Gasteiger partial charge in [0.05, 0.1) is 17.1 Å². The van der Waals surface area contributed by atoms with E-state index in [0.717, 1.165) is 35.3 Å². The summed E-state index contributed by atoms with van der Waals surface area (Å²) in [5, 5.41) is 2.96. The average molecular weight is 342 g/mol. The van der Waals surface area contributed by atoms with Crippen LogP contribution in [0.25, 0.3) is 0 Å². The Balaban J connectivity index is 1.79. The molecule has 0 aliphatic carbocycles. The number of nitrogens with zero attached hydrogens (tertiary/aromatic N) is 3. The lowest BCUT2D eigenvalue weighted by Crippen LogP contribution is -2.22. The van der Waals surface area contributed by atoms with Crippen LogP contribution < -0.4 is 10.2 Å². The Bertz CT molecular complexity index is 716. The standard InChI is InChI=1S/C18H22N4OS/c1-12-16(13(2)20-18(19-12)22-10-4-5-11-22)21-17(23)14-6-8-15(24-3)9-7-14/h6-9H,4-5,10-11H2,1-3H3,(H,21,23). The predicted octanol–water partition coefficient (Wildman–Crippen LogP) is 3.67. The van der Waals surface area contributed by atoms with E-state index in [4.69, 9.17) is 0 Å². The van der Waals surface area contributed by atoms with Crippen LogP contribution in [0.3, 0.4) is 0 Å². The van der Waals surface area contributed by atoms with E-state index in [1.807, 2.05) is 44.4 Å². The molecule has 1 aromatic carbocycles. The first-order valence-corrected chi connectivity index (χ1v) is 9.36. The Kier molecular flexibility index (Phi) is 5.04. The van der Waals surface area contributed by atoms with Crippen LogP contribution in [0, 0.1) is 13.8 Å². The molecule has 1 N–H and O–H groups in total. The summed E-state index contributed by atoms with van der Waals surface area (Å²) in [6, 6.07) is 7.58. The highest BCUT2D eigenvalue weighted by molar-refractivity contribution is 7.98. The molecule has 1 aliphatic heterocycles. The monoisotopic (exact) mass is 342 g/mol. The minimum atomic E-state index is -0.133. The lowest BCUT2D eigenvalue weighted by atomic mass is 10.2. The van der Waals surface area contributed by atoms with Gasteiger partial charge < -0.3 is 10.2 Å². The van der Waals surface area contributed by atoms with Gasteiger partial charge in [-0.05, 0) is 57.2 Å². The molecule has 126 valence electrons. The van der Waals surface area contributed by atoms with Gasteiger partial charge in [-0.25, -0.2) is 9.97 Å². The highest BCUT2D eigenvalue weighted by atomic mass is 32.2. The van der Waals surface area contributed by atoms with E-state index in [9.17, 15) is 4.79 Å². The van der Waals surface area contributed by atoms with Gasteiger partial charge in [0.2, 0.25) is 5.95 Å². The molecule has 0 bridgehead atoms. The maximum absolute atomic E-state index is 12.5. The molecule has 1 aliphatic rings. The second-order valence-corrected chi connectivity index (χ2v) is 6.83. The zero-order valence-electron chi connectivity index (χ0n) is 14.3. The summed E-state index contributed by atoms with van der Waals surface area (Å²) in [5.41, 5.74) is 2.95. The Morgan fingerprint density at radius 1 is 1.08 bits per heavy atom. The van der Waals surface area contributed by atoms with Crippen molar-refractivity contribution in [3.63, 3.8) is 0 Å². The fourth-order valence-electron chi connectivity index (χ4n) is 2.87. The third kappa shape index (κ3) is 3.53. The average Bonchev–Trinajstić information content (AvgIpc) is 3.12. The molecule has 3 rings (SSSR count). The number of carbonyl (C=O) groups excluding carboxylic acids is 1. The summed E-state index contributed by atoms with van der Waals surface area (Å²) >= 11 is 1.66. The van der Waals surface area contributed by atoms with E-state index in [0.29, 0.717) is 11.3 Å². The van der Waals surface area contributed by atoms with Crippen molar-refractivity contribution in [2.75, 3.05) is 29.6 Å². The molecule has 0 radical (unpaired) electrons. The van der Waals surface area contributed by atoms with Crippen molar-refractivity contribution in [2.24, 2.45) is 0 Å². The molecule has 2 aromatic rings. The van der Waals surface area contributed by atoms with Crippen molar-refractivity contribution in [2.45, 2.75) is 31.6 Å². The second kappa shape index (κ2) is 7.21. The third-order valence-electron chi connectivity index (χ3n) is 4.24. The van der Waals surface area contributed by atoms with E-state index >= 15 is 0 Å². The van der Waals surface area contributed by atoms with Crippen LogP contribution in [0.5, 0.6) is 0 Å². The zero-order valence-corrected chi connectivity index (χ0v) is 15.1. The molecule has 5 nitrogen and oxygen atoms in total. The topological polar surface area (TPSA) is 58.1 Å². The first-order chi connectivity index (χ1) is 11.6. The molecule has 0 saturated carbocycles. The van der Waals surface area contributed by atoms with Crippen molar-refractivity contribution >= 4 is 29.3 Å². The van der Waals surface area contributed by atoms with Crippen molar-refractivity contribution in [3.8, 4) is 0 Å². The third-order valence-corrected chi connectivity index (χ3v) is 4.98. The SMILES string of the molecule is CSc1ccc(C(=O)Nc2c(C)nc(N3CCCC3)nc2C)cc1. The number of thioether (sulfide) groups is 1. The van der Waals surface area contributed by atoms with Crippen LogP contribution in [0.4, 0.5) is 11.6 Å². The van der Waals surface area contributed by atoms with E-state index < -0.39 is 0 Å². The summed E-state index contributed by atoms with van der Waals surface area (Å²) < 4.78 is 0. The minimum absolute atomic E-state index is 0.133. The van der Waals surface area contributed by atoms with Gasteiger partial charge in [-0.3, -0.25) is 4.79 Å². The van der Waals surface area contributed by atoms with E-state index in [1.165, 1.54) is 12.8 Å². The first-order valence-electron chi connectivity index (χ1n) is 8.14. The Hall–Kier alpha value is -2.08. The molecular formula is C18H22N4OS. The number of benzene rings is 1. The summed E-state index contributed by atoms with van der Waals surface area (Å²) in [7, 11) is 0. The maximum atomic E-state index is 12.5. The highest BCUT2D eigenvalue weighted by Crippen LogP contribution is 2.23. The predicted molar refractivity (Wildman–Crippen MR) is 99.1 cm³/mol. The fourth-order valence-corrected chi connectivity index (χ4v) is 3.27. The van der Waals surface area contributed by atoms with Crippen molar-refractivity contribution < 1.29 is 4.79 Å². The van der Waals surface area contributed by atoms with Gasteiger partial charge in [0.15, 0.2) is 0 Å². The number of hydrogen-bond acceptors (Lipinski definition) is 5. The van der Waals surface area contributed by atoms with E-state index in [2.05, 4.69) is 20.2 Å². The number of aryl methyl sites for hydroxylation is 2. The van der Waals surface area contributed by atoms with Crippen LogP contribution in [0.1, 0.15) is 34.6 Å². The van der Waals surface area contributed by atoms with Gasteiger partial charge in [-0.1, -0.05) is 0 Å². The molecule has 0 unspecified atom stereocenters. The molecular weight excluding hydrogens is 320 g/mol. The summed E-state index contributed by atoms with van der Waals surface area (Å²) in [6.07, 6.45) is 4.39. The van der Waals surface area contributed by atoms with Gasteiger partial charge in [-0.15, -0.1) is 11.8 Å². The molecule has 1 amide bonds. The van der Waals surface area contributed by atoms with Crippen LogP contribution in [-0.4, -0.2) is 35.2 Å². The van der Waals surface area contributed by atoms with E-state index in [1.54, 1.807) is 11.8 Å². The largest absolute Gasteiger partial charge is 0.341 e. The van der Waals surface area contributed by atoms with E-state index in [-0.39, 0.29) is 5.91 Å². The summed E-state index contributed by atoms with van der Waals surface area (Å²) in [5.74, 6) is 0.635. The first kappa shape index (κ1) is 16.8. The molecule has 1 aromatic heterocycles. The summed E-state index contributed by atoms with van der Waals surface area (Å²) in [6.45, 7) is 5.85. The molecule has 1 saturated heterocycles. The van der Waals surface area contributed by atoms with Crippen LogP contribution in [-0.2, 0) is 0 Å². The molecule has 1 fully saturated rings. The quantitative estimate of drug-likeness (QED) is 0.859. The molecule has 0 atom stereocenters. The van der Waals surface area contributed by atoms with Crippen molar-refractivity contribution in [3.05, 3.63) is 41.2 Å². The smallest absolute Gasteiger partial charge is 0.255 e. The molecule has 24 heavy (non-hydrogen) atoms. The van der Waals surface area contributed by atoms with Gasteiger partial charge in [0.1, 0.15) is 0 Å². The number of aromatic nitrogens is 2. The fraction of sp³-hybridized carbons (Fsp3) is 0.389. The number of hydrogen-bond donors (Lipinski definition) is 1. The maximum Gasteiger partial charge on any atom is 0.255 e. The number of nitrogens with one attached hydrogen (secondary N) is 1. The lowest BCUT2D eigenvalue weighted by molar-refractivity contribution is 0.102. The number of carbonyl (C=O) groups is 1. The highest BCUT2D eigenvalue weighted by Gasteiger charge is 2.18. The summed E-state index contributed by atoms with van der Waals surface area (Å²) in [4.78, 5) is 25.0. The zero-order chi connectivity index (χ0) is 17.1. The van der Waals surface area contributed by atoms with Gasteiger partial charge in [0.25, 0.3) is 5.91 Å². The Morgan fingerprint density at radius 2 is 1.67 bits per heavy atom. The van der Waals surface area contributed by atoms with Gasteiger partial charge in [0, 0.05) is 23.5 Å². The van der Waals surface area contributed by atoms with Gasteiger partial charge >= 0.3 is 0 Å². The molecule has 6 heteroatoms. The van der Waals surface area contributed by atoms with Crippen LogP contribution in [0.15, 0.2) is 29.2 Å². The molecule has 0 spiro atoms. The lowest BCUT2D eigenvalue weighted by Gasteiger charge is -2.18. The number of amides is 1. The van der Waals surface area contributed by atoms with Crippen molar-refractivity contribution in [1.82, 2.24) is 9.97 Å². The number of anilines is 2. The minimum Gasteiger partial charge on any atom is -0.341 e. The van der Waals surface area contributed by atoms with Crippen LogP contribution in [0.2, 0.25) is 0 Å². The van der Waals surface area contributed by atoms with Gasteiger partial charge in [-0.2, -0.15) is 0 Å².